The van der Waals surface area contributed by atoms with Crippen LogP contribution >= 0.6 is 0 Å². The van der Waals surface area contributed by atoms with E-state index in [2.05, 4.69) is 4.98 Å². The van der Waals surface area contributed by atoms with Gasteiger partial charge in [-0.2, -0.15) is 26.3 Å². The standard InChI is InChI=1S/C9H8F6N2/c10-8(11,12)5-1-2-6(17-4-5)3-7(16)9(13,14)15/h1-2,4,7H,3,16H2. The first-order valence-corrected chi connectivity index (χ1v) is 4.45. The van der Waals surface area contributed by atoms with Gasteiger partial charge in [0.2, 0.25) is 0 Å². The van der Waals surface area contributed by atoms with Gasteiger partial charge in [0.05, 0.1) is 5.56 Å². The number of rotatable bonds is 2. The van der Waals surface area contributed by atoms with Crippen molar-refractivity contribution in [1.29, 1.82) is 0 Å². The van der Waals surface area contributed by atoms with Crippen LogP contribution in [0.5, 0.6) is 0 Å². The van der Waals surface area contributed by atoms with Gasteiger partial charge in [-0.15, -0.1) is 0 Å². The number of nitrogens with two attached hydrogens (primary N) is 1. The second-order valence-corrected chi connectivity index (χ2v) is 3.39. The Morgan fingerprint density at radius 1 is 1.12 bits per heavy atom. The summed E-state index contributed by atoms with van der Waals surface area (Å²) < 4.78 is 72.6. The largest absolute Gasteiger partial charge is 0.417 e. The molecule has 2 nitrogen and oxygen atoms in total. The lowest BCUT2D eigenvalue weighted by Gasteiger charge is -2.15. The topological polar surface area (TPSA) is 38.9 Å². The van der Waals surface area contributed by atoms with Gasteiger partial charge in [-0.25, -0.2) is 0 Å². The van der Waals surface area contributed by atoms with E-state index in [4.69, 9.17) is 5.73 Å². The zero-order valence-electron chi connectivity index (χ0n) is 8.31. The van der Waals surface area contributed by atoms with Gasteiger partial charge in [0.1, 0.15) is 6.04 Å². The number of halogens is 6. The molecule has 0 fully saturated rings. The number of nitrogens with zero attached hydrogens (tertiary/aromatic N) is 1. The van der Waals surface area contributed by atoms with E-state index in [0.29, 0.717) is 12.3 Å². The highest BCUT2D eigenvalue weighted by Gasteiger charge is 2.37. The molecule has 0 saturated heterocycles. The molecule has 17 heavy (non-hydrogen) atoms. The van der Waals surface area contributed by atoms with Crippen LogP contribution in [-0.4, -0.2) is 17.2 Å². The van der Waals surface area contributed by atoms with Crippen LogP contribution in [0.15, 0.2) is 18.3 Å². The molecular formula is C9H8F6N2. The molecule has 0 aliphatic rings. The Kier molecular flexibility index (Phi) is 3.65. The Morgan fingerprint density at radius 3 is 2.06 bits per heavy atom. The zero-order chi connectivity index (χ0) is 13.3. The number of aromatic nitrogens is 1. The predicted molar refractivity (Wildman–Crippen MR) is 47.0 cm³/mol. The SMILES string of the molecule is NC(Cc1ccc(C(F)(F)F)cn1)C(F)(F)F. The fourth-order valence-electron chi connectivity index (χ4n) is 1.05. The molecule has 2 N–H and O–H groups in total. The summed E-state index contributed by atoms with van der Waals surface area (Å²) in [5, 5.41) is 0. The fourth-order valence-corrected chi connectivity index (χ4v) is 1.05. The highest BCUT2D eigenvalue weighted by molar-refractivity contribution is 5.17. The average molecular weight is 258 g/mol. The van der Waals surface area contributed by atoms with Crippen molar-refractivity contribution >= 4 is 0 Å². The van der Waals surface area contributed by atoms with Crippen molar-refractivity contribution in [2.45, 2.75) is 24.8 Å². The summed E-state index contributed by atoms with van der Waals surface area (Å²) in [6.07, 6.45) is -9.32. The summed E-state index contributed by atoms with van der Waals surface area (Å²) in [5.41, 5.74) is 3.67. The van der Waals surface area contributed by atoms with Crippen molar-refractivity contribution in [1.82, 2.24) is 4.98 Å². The van der Waals surface area contributed by atoms with Gasteiger partial charge < -0.3 is 5.73 Å². The molecule has 0 amide bonds. The van der Waals surface area contributed by atoms with Crippen LogP contribution in [0.4, 0.5) is 26.3 Å². The molecule has 1 aromatic rings. The highest BCUT2D eigenvalue weighted by Crippen LogP contribution is 2.28. The van der Waals surface area contributed by atoms with Crippen LogP contribution in [0, 0.1) is 0 Å². The van der Waals surface area contributed by atoms with Gasteiger partial charge in [0.25, 0.3) is 0 Å². The molecule has 0 aliphatic heterocycles. The number of hydrogen-bond acceptors (Lipinski definition) is 2. The van der Waals surface area contributed by atoms with E-state index < -0.39 is 30.4 Å². The summed E-state index contributed by atoms with van der Waals surface area (Å²) in [6.45, 7) is 0. The third-order valence-electron chi connectivity index (χ3n) is 2.00. The number of hydrogen-bond donors (Lipinski definition) is 1. The number of pyridine rings is 1. The monoisotopic (exact) mass is 258 g/mol. The van der Waals surface area contributed by atoms with E-state index >= 15 is 0 Å². The lowest BCUT2D eigenvalue weighted by molar-refractivity contribution is -0.147. The number of alkyl halides is 6. The van der Waals surface area contributed by atoms with Gasteiger partial charge in [0, 0.05) is 18.3 Å². The summed E-state index contributed by atoms with van der Waals surface area (Å²) >= 11 is 0. The second kappa shape index (κ2) is 4.52. The fraction of sp³-hybridized carbons (Fsp3) is 0.444. The van der Waals surface area contributed by atoms with Gasteiger partial charge in [0.15, 0.2) is 0 Å². The summed E-state index contributed by atoms with van der Waals surface area (Å²) in [6, 6.07) is -0.577. The van der Waals surface area contributed by atoms with Crippen LogP contribution in [-0.2, 0) is 12.6 Å². The van der Waals surface area contributed by atoms with Gasteiger partial charge in [-0.3, -0.25) is 4.98 Å². The van der Waals surface area contributed by atoms with Crippen LogP contribution < -0.4 is 5.73 Å². The molecule has 0 radical (unpaired) electrons. The Balaban J connectivity index is 2.76. The third kappa shape index (κ3) is 3.88. The molecule has 1 rings (SSSR count). The van der Waals surface area contributed by atoms with Crippen LogP contribution in [0.2, 0.25) is 0 Å². The van der Waals surface area contributed by atoms with Crippen molar-refractivity contribution < 1.29 is 26.3 Å². The van der Waals surface area contributed by atoms with Gasteiger partial charge in [-0.1, -0.05) is 0 Å². The van der Waals surface area contributed by atoms with Crippen LogP contribution in [0.1, 0.15) is 11.3 Å². The minimum Gasteiger partial charge on any atom is -0.320 e. The highest BCUT2D eigenvalue weighted by atomic mass is 19.4. The van der Waals surface area contributed by atoms with Crippen LogP contribution in [0.25, 0.3) is 0 Å². The molecule has 8 heteroatoms. The molecule has 1 unspecified atom stereocenters. The first kappa shape index (κ1) is 13.8. The van der Waals surface area contributed by atoms with Crippen molar-refractivity contribution in [3.63, 3.8) is 0 Å². The smallest absolute Gasteiger partial charge is 0.320 e. The minimum absolute atomic E-state index is 0.136. The first-order chi connectivity index (χ1) is 7.60. The molecule has 0 aromatic carbocycles. The van der Waals surface area contributed by atoms with E-state index in [-0.39, 0.29) is 5.69 Å². The quantitative estimate of drug-likeness (QED) is 0.828. The van der Waals surface area contributed by atoms with E-state index in [1.54, 1.807) is 0 Å². The maximum absolute atomic E-state index is 12.1. The molecule has 1 heterocycles. The molecular weight excluding hydrogens is 250 g/mol. The summed E-state index contributed by atoms with van der Waals surface area (Å²) in [5.74, 6) is 0. The maximum atomic E-state index is 12.1. The third-order valence-corrected chi connectivity index (χ3v) is 2.00. The van der Waals surface area contributed by atoms with Crippen molar-refractivity contribution in [3.05, 3.63) is 29.6 Å². The lowest BCUT2D eigenvalue weighted by atomic mass is 10.1. The second-order valence-electron chi connectivity index (χ2n) is 3.39. The van der Waals surface area contributed by atoms with Crippen LogP contribution in [0.3, 0.4) is 0 Å². The Bertz CT molecular complexity index is 367. The lowest BCUT2D eigenvalue weighted by Crippen LogP contribution is -2.39. The Labute approximate surface area is 92.4 Å². The summed E-state index contributed by atoms with van der Waals surface area (Å²) in [4.78, 5) is 3.30. The van der Waals surface area contributed by atoms with E-state index in [0.717, 1.165) is 6.07 Å². The molecule has 0 saturated carbocycles. The molecule has 96 valence electrons. The molecule has 0 aliphatic carbocycles. The maximum Gasteiger partial charge on any atom is 0.417 e. The molecule has 0 bridgehead atoms. The van der Waals surface area contributed by atoms with Gasteiger partial charge >= 0.3 is 12.4 Å². The Hall–Kier alpha value is -1.31. The average Bonchev–Trinajstić information content (AvgIpc) is 2.15. The minimum atomic E-state index is -4.59. The molecule has 0 spiro atoms. The van der Waals surface area contributed by atoms with Crippen molar-refractivity contribution in [2.24, 2.45) is 5.73 Å². The van der Waals surface area contributed by atoms with Crippen molar-refractivity contribution in [3.8, 4) is 0 Å². The molecule has 1 atom stereocenters. The van der Waals surface area contributed by atoms with Gasteiger partial charge in [-0.05, 0) is 12.1 Å². The normalized spacial score (nSPS) is 14.8. The Morgan fingerprint density at radius 2 is 1.71 bits per heavy atom. The van der Waals surface area contributed by atoms with E-state index in [1.165, 1.54) is 0 Å². The zero-order valence-corrected chi connectivity index (χ0v) is 8.31. The molecule has 1 aromatic heterocycles. The summed E-state index contributed by atoms with van der Waals surface area (Å²) in [7, 11) is 0. The van der Waals surface area contributed by atoms with E-state index in [1.807, 2.05) is 0 Å². The van der Waals surface area contributed by atoms with Crippen molar-refractivity contribution in [2.75, 3.05) is 0 Å². The van der Waals surface area contributed by atoms with E-state index in [9.17, 15) is 26.3 Å². The predicted octanol–water partition coefficient (Wildman–Crippen LogP) is 2.53. The first-order valence-electron chi connectivity index (χ1n) is 4.45.